The molecule has 0 unspecified atom stereocenters. The highest BCUT2D eigenvalue weighted by Gasteiger charge is 2.32. The van der Waals surface area contributed by atoms with Gasteiger partial charge in [0.25, 0.3) is 0 Å². The molecule has 0 bridgehead atoms. The predicted octanol–water partition coefficient (Wildman–Crippen LogP) is 1.55. The first-order chi connectivity index (χ1) is 9.16. The highest BCUT2D eigenvalue weighted by molar-refractivity contribution is 8.00. The van der Waals surface area contributed by atoms with Crippen molar-refractivity contribution in [2.24, 2.45) is 11.7 Å². The molecule has 19 heavy (non-hydrogen) atoms. The fourth-order valence-corrected chi connectivity index (χ4v) is 3.12. The molecular formula is C14H18N2O2S. The van der Waals surface area contributed by atoms with Gasteiger partial charge in [0.1, 0.15) is 0 Å². The molecule has 1 saturated carbocycles. The Morgan fingerprint density at radius 3 is 2.68 bits per heavy atom. The van der Waals surface area contributed by atoms with Crippen LogP contribution in [-0.2, 0) is 9.59 Å². The Morgan fingerprint density at radius 2 is 2.00 bits per heavy atom. The molecule has 0 aromatic heterocycles. The van der Waals surface area contributed by atoms with Crippen LogP contribution in [0.1, 0.15) is 19.3 Å². The van der Waals surface area contributed by atoms with Gasteiger partial charge < -0.3 is 11.1 Å². The number of carbonyl (C=O) groups excluding carboxylic acids is 2. The van der Waals surface area contributed by atoms with Crippen LogP contribution in [0.2, 0.25) is 0 Å². The molecule has 1 aliphatic rings. The summed E-state index contributed by atoms with van der Waals surface area (Å²) < 4.78 is 0. The number of amides is 2. The van der Waals surface area contributed by atoms with Gasteiger partial charge in [0.05, 0.1) is 11.7 Å². The molecule has 5 heteroatoms. The van der Waals surface area contributed by atoms with Gasteiger partial charge in [0.2, 0.25) is 11.8 Å². The number of thioether (sulfide) groups is 1. The van der Waals surface area contributed by atoms with Crippen LogP contribution in [0, 0.1) is 5.92 Å². The average Bonchev–Trinajstić information content (AvgIpc) is 2.86. The van der Waals surface area contributed by atoms with Gasteiger partial charge in [-0.1, -0.05) is 24.6 Å². The first-order valence-electron chi connectivity index (χ1n) is 6.43. The topological polar surface area (TPSA) is 72.2 Å². The van der Waals surface area contributed by atoms with Crippen LogP contribution in [0.15, 0.2) is 35.2 Å². The number of rotatable bonds is 5. The lowest BCUT2D eigenvalue weighted by Crippen LogP contribution is -2.42. The minimum Gasteiger partial charge on any atom is -0.369 e. The van der Waals surface area contributed by atoms with E-state index in [-0.39, 0.29) is 23.8 Å². The van der Waals surface area contributed by atoms with Crippen molar-refractivity contribution >= 4 is 23.6 Å². The minimum atomic E-state index is -0.307. The Bertz CT molecular complexity index is 450. The van der Waals surface area contributed by atoms with Crippen LogP contribution in [0.3, 0.4) is 0 Å². The van der Waals surface area contributed by atoms with Crippen LogP contribution in [0.25, 0.3) is 0 Å². The number of nitrogens with one attached hydrogen (secondary N) is 1. The second-order valence-electron chi connectivity index (χ2n) is 4.72. The summed E-state index contributed by atoms with van der Waals surface area (Å²) >= 11 is 1.49. The highest BCUT2D eigenvalue weighted by Crippen LogP contribution is 2.25. The molecule has 102 valence electrons. The molecule has 1 aromatic rings. The van der Waals surface area contributed by atoms with Crippen molar-refractivity contribution in [2.75, 3.05) is 5.75 Å². The number of benzene rings is 1. The van der Waals surface area contributed by atoms with E-state index in [0.29, 0.717) is 5.75 Å². The summed E-state index contributed by atoms with van der Waals surface area (Å²) in [5.41, 5.74) is 5.33. The van der Waals surface area contributed by atoms with Crippen molar-refractivity contribution in [1.82, 2.24) is 5.32 Å². The second kappa shape index (κ2) is 6.61. The van der Waals surface area contributed by atoms with Crippen molar-refractivity contribution in [2.45, 2.75) is 30.2 Å². The van der Waals surface area contributed by atoms with E-state index in [1.807, 2.05) is 30.3 Å². The SMILES string of the molecule is NC(=O)[C@@H]1CCC[C@@H]1NC(=O)CSc1ccccc1. The smallest absolute Gasteiger partial charge is 0.230 e. The lowest BCUT2D eigenvalue weighted by molar-refractivity contribution is -0.123. The van der Waals surface area contributed by atoms with Crippen molar-refractivity contribution in [3.63, 3.8) is 0 Å². The number of hydrogen-bond acceptors (Lipinski definition) is 3. The Kier molecular flexibility index (Phi) is 4.85. The van der Waals surface area contributed by atoms with Crippen LogP contribution in [0.5, 0.6) is 0 Å². The summed E-state index contributed by atoms with van der Waals surface area (Å²) in [7, 11) is 0. The van der Waals surface area contributed by atoms with Crippen LogP contribution < -0.4 is 11.1 Å². The van der Waals surface area contributed by atoms with E-state index in [4.69, 9.17) is 5.73 Å². The van der Waals surface area contributed by atoms with Gasteiger partial charge in [-0.3, -0.25) is 9.59 Å². The fraction of sp³-hybridized carbons (Fsp3) is 0.429. The normalized spacial score (nSPS) is 22.1. The zero-order valence-corrected chi connectivity index (χ0v) is 11.5. The van der Waals surface area contributed by atoms with Gasteiger partial charge in [-0.05, 0) is 25.0 Å². The average molecular weight is 278 g/mol. The number of hydrogen-bond donors (Lipinski definition) is 2. The molecule has 1 fully saturated rings. The van der Waals surface area contributed by atoms with Crippen LogP contribution in [-0.4, -0.2) is 23.6 Å². The molecule has 2 atom stereocenters. The molecule has 3 N–H and O–H groups in total. The Hall–Kier alpha value is -1.49. The zero-order valence-electron chi connectivity index (χ0n) is 10.7. The van der Waals surface area contributed by atoms with E-state index in [1.165, 1.54) is 11.8 Å². The third kappa shape index (κ3) is 3.99. The summed E-state index contributed by atoms with van der Waals surface area (Å²) in [4.78, 5) is 24.2. The van der Waals surface area contributed by atoms with Gasteiger partial charge in [-0.15, -0.1) is 11.8 Å². The molecule has 0 saturated heterocycles. The standard InChI is InChI=1S/C14H18N2O2S/c15-14(18)11-7-4-8-12(11)16-13(17)9-19-10-5-2-1-3-6-10/h1-3,5-6,11-12H,4,7-9H2,(H2,15,18)(H,16,17)/t11-,12+/m1/s1. The van der Waals surface area contributed by atoms with E-state index in [2.05, 4.69) is 5.32 Å². The molecule has 2 rings (SSSR count). The second-order valence-corrected chi connectivity index (χ2v) is 5.76. The lowest BCUT2D eigenvalue weighted by Gasteiger charge is -2.18. The first kappa shape index (κ1) is 13.9. The minimum absolute atomic E-state index is 0.0352. The Morgan fingerprint density at radius 1 is 1.26 bits per heavy atom. The van der Waals surface area contributed by atoms with Gasteiger partial charge in [-0.25, -0.2) is 0 Å². The first-order valence-corrected chi connectivity index (χ1v) is 7.42. The predicted molar refractivity (Wildman–Crippen MR) is 75.6 cm³/mol. The Labute approximate surface area is 117 Å². The molecule has 0 radical (unpaired) electrons. The molecule has 4 nitrogen and oxygen atoms in total. The molecular weight excluding hydrogens is 260 g/mol. The summed E-state index contributed by atoms with van der Waals surface area (Å²) in [6.45, 7) is 0. The third-order valence-electron chi connectivity index (χ3n) is 3.34. The molecule has 1 aliphatic carbocycles. The maximum Gasteiger partial charge on any atom is 0.230 e. The Balaban J connectivity index is 1.80. The monoisotopic (exact) mass is 278 g/mol. The zero-order chi connectivity index (χ0) is 13.7. The van der Waals surface area contributed by atoms with Crippen molar-refractivity contribution in [3.8, 4) is 0 Å². The maximum atomic E-state index is 11.9. The number of nitrogens with two attached hydrogens (primary N) is 1. The van der Waals surface area contributed by atoms with E-state index in [1.54, 1.807) is 0 Å². The van der Waals surface area contributed by atoms with Crippen molar-refractivity contribution in [3.05, 3.63) is 30.3 Å². The summed E-state index contributed by atoms with van der Waals surface area (Å²) in [6, 6.07) is 9.70. The molecule has 0 heterocycles. The maximum absolute atomic E-state index is 11.9. The highest BCUT2D eigenvalue weighted by atomic mass is 32.2. The molecule has 0 aliphatic heterocycles. The molecule has 0 spiro atoms. The van der Waals surface area contributed by atoms with Gasteiger partial charge in [0.15, 0.2) is 0 Å². The van der Waals surface area contributed by atoms with Gasteiger partial charge >= 0.3 is 0 Å². The van der Waals surface area contributed by atoms with Gasteiger partial charge in [-0.2, -0.15) is 0 Å². The third-order valence-corrected chi connectivity index (χ3v) is 4.35. The number of carbonyl (C=O) groups is 2. The summed E-state index contributed by atoms with van der Waals surface area (Å²) in [5.74, 6) is -0.178. The van der Waals surface area contributed by atoms with Gasteiger partial charge in [0, 0.05) is 10.9 Å². The van der Waals surface area contributed by atoms with E-state index in [0.717, 1.165) is 24.2 Å². The summed E-state index contributed by atoms with van der Waals surface area (Å²) in [6.07, 6.45) is 2.58. The van der Waals surface area contributed by atoms with E-state index < -0.39 is 0 Å². The van der Waals surface area contributed by atoms with Crippen molar-refractivity contribution < 1.29 is 9.59 Å². The molecule has 1 aromatic carbocycles. The van der Waals surface area contributed by atoms with Crippen LogP contribution >= 0.6 is 11.8 Å². The quantitative estimate of drug-likeness (QED) is 0.803. The van der Waals surface area contributed by atoms with Crippen LogP contribution in [0.4, 0.5) is 0 Å². The van der Waals surface area contributed by atoms with Crippen molar-refractivity contribution in [1.29, 1.82) is 0 Å². The van der Waals surface area contributed by atoms with E-state index in [9.17, 15) is 9.59 Å². The largest absolute Gasteiger partial charge is 0.369 e. The number of primary amides is 1. The fourth-order valence-electron chi connectivity index (χ4n) is 2.39. The molecule has 2 amide bonds. The summed E-state index contributed by atoms with van der Waals surface area (Å²) in [5, 5.41) is 2.92. The van der Waals surface area contributed by atoms with E-state index >= 15 is 0 Å². The lowest BCUT2D eigenvalue weighted by atomic mass is 10.0.